The van der Waals surface area contributed by atoms with Crippen LogP contribution in [0.4, 0.5) is 0 Å². The van der Waals surface area contributed by atoms with Crippen molar-refractivity contribution < 1.29 is 28.6 Å². The zero-order valence-electron chi connectivity index (χ0n) is 19.0. The standard InChI is InChI=1S/C23H31N4O6P/c28-20-10-13-34(32,33)19(14-16-6-2-1-3-7-16)25-23(31)18-9-5-12-27(18)21(29)15-24-22(30)17-8-4-11-26(17)20/h1-3,6-7,17-19H,4-5,8-15H2,(H,24,30)(H,25,31)(H,32,33)/t17-,18-,19-/m1/s1. The van der Waals surface area contributed by atoms with Crippen LogP contribution >= 0.6 is 7.37 Å². The first kappa shape index (κ1) is 24.4. The maximum atomic E-state index is 13.4. The number of rotatable bonds is 2. The van der Waals surface area contributed by atoms with Gasteiger partial charge in [0.2, 0.25) is 31.0 Å². The molecule has 3 aliphatic rings. The molecule has 0 aliphatic carbocycles. The largest absolute Gasteiger partial charge is 0.345 e. The second-order valence-corrected chi connectivity index (χ2v) is 11.7. The Kier molecular flexibility index (Phi) is 7.38. The highest BCUT2D eigenvalue weighted by molar-refractivity contribution is 7.58. The number of carbonyl (C=O) groups is 4. The highest BCUT2D eigenvalue weighted by atomic mass is 31.2. The number of amides is 4. The number of fused-ring (bicyclic) bond motifs is 2. The predicted octanol–water partition coefficient (Wildman–Crippen LogP) is 0.444. The minimum Gasteiger partial charge on any atom is -0.345 e. The molecule has 11 heteroatoms. The monoisotopic (exact) mass is 490 g/mol. The summed E-state index contributed by atoms with van der Waals surface area (Å²) in [6.07, 6.45) is 1.81. The van der Waals surface area contributed by atoms with Gasteiger partial charge >= 0.3 is 0 Å². The highest BCUT2D eigenvalue weighted by Gasteiger charge is 2.41. The Morgan fingerprint density at radius 2 is 1.53 bits per heavy atom. The summed E-state index contributed by atoms with van der Waals surface area (Å²) in [4.78, 5) is 65.4. The van der Waals surface area contributed by atoms with Crippen LogP contribution < -0.4 is 10.6 Å². The van der Waals surface area contributed by atoms with Gasteiger partial charge < -0.3 is 25.3 Å². The van der Waals surface area contributed by atoms with E-state index in [-0.39, 0.29) is 37.4 Å². The smallest absolute Gasteiger partial charge is 0.243 e. The Labute approximate surface area is 198 Å². The molecule has 1 aromatic rings. The van der Waals surface area contributed by atoms with Gasteiger partial charge in [-0.25, -0.2) is 0 Å². The molecule has 1 unspecified atom stereocenters. The fourth-order valence-corrected chi connectivity index (χ4v) is 6.65. The highest BCUT2D eigenvalue weighted by Crippen LogP contribution is 2.47. The topological polar surface area (TPSA) is 136 Å². The maximum Gasteiger partial charge on any atom is 0.243 e. The van der Waals surface area contributed by atoms with Crippen molar-refractivity contribution in [1.82, 2.24) is 20.4 Å². The molecule has 0 saturated carbocycles. The van der Waals surface area contributed by atoms with Crippen LogP contribution in [0.5, 0.6) is 0 Å². The summed E-state index contributed by atoms with van der Waals surface area (Å²) >= 11 is 0. The van der Waals surface area contributed by atoms with E-state index in [0.717, 1.165) is 5.56 Å². The van der Waals surface area contributed by atoms with Gasteiger partial charge in [0.15, 0.2) is 0 Å². The van der Waals surface area contributed by atoms with Gasteiger partial charge in [-0.1, -0.05) is 30.3 Å². The van der Waals surface area contributed by atoms with Crippen LogP contribution in [0.25, 0.3) is 0 Å². The number of benzene rings is 1. The molecule has 3 heterocycles. The predicted molar refractivity (Wildman–Crippen MR) is 124 cm³/mol. The molecule has 0 bridgehead atoms. The molecular weight excluding hydrogens is 459 g/mol. The first-order chi connectivity index (χ1) is 16.3. The summed E-state index contributed by atoms with van der Waals surface area (Å²) in [6, 6.07) is 7.61. The van der Waals surface area contributed by atoms with Crippen molar-refractivity contribution in [3.8, 4) is 0 Å². The van der Waals surface area contributed by atoms with Gasteiger partial charge in [0, 0.05) is 32.1 Å². The van der Waals surface area contributed by atoms with Gasteiger partial charge in [0.05, 0.1) is 6.54 Å². The van der Waals surface area contributed by atoms with E-state index in [9.17, 15) is 28.6 Å². The number of nitrogens with one attached hydrogen (secondary N) is 2. The lowest BCUT2D eigenvalue weighted by Gasteiger charge is -2.29. The molecule has 3 N–H and O–H groups in total. The molecule has 3 saturated heterocycles. The van der Waals surface area contributed by atoms with Crippen molar-refractivity contribution in [2.45, 2.75) is 56.4 Å². The molecule has 3 fully saturated rings. The SMILES string of the molecule is O=C1NCC(=O)N2CCC[C@@H]2C(=O)N[C@@H](Cc2ccccc2)P(=O)(O)CCC(=O)N2CCC[C@H]12. The number of carbonyl (C=O) groups excluding carboxylic acids is 4. The molecule has 10 nitrogen and oxygen atoms in total. The van der Waals surface area contributed by atoms with E-state index in [1.165, 1.54) is 9.80 Å². The van der Waals surface area contributed by atoms with Crippen molar-refractivity contribution in [3.05, 3.63) is 35.9 Å². The van der Waals surface area contributed by atoms with Gasteiger partial charge in [-0.15, -0.1) is 0 Å². The first-order valence-corrected chi connectivity index (χ1v) is 13.7. The van der Waals surface area contributed by atoms with Crippen LogP contribution in [0.1, 0.15) is 37.7 Å². The van der Waals surface area contributed by atoms with E-state index in [2.05, 4.69) is 10.6 Å². The van der Waals surface area contributed by atoms with Gasteiger partial charge in [0.1, 0.15) is 17.9 Å². The molecule has 4 atom stereocenters. The van der Waals surface area contributed by atoms with Gasteiger partial charge in [-0.3, -0.25) is 23.7 Å². The van der Waals surface area contributed by atoms with Crippen molar-refractivity contribution >= 4 is 31.0 Å². The Hall–Kier alpha value is -2.71. The zero-order valence-corrected chi connectivity index (χ0v) is 19.9. The summed E-state index contributed by atoms with van der Waals surface area (Å²) in [7, 11) is -4.01. The molecule has 0 aromatic heterocycles. The van der Waals surface area contributed by atoms with Crippen LogP contribution in [-0.4, -0.2) is 82.0 Å². The minimum atomic E-state index is -4.01. The van der Waals surface area contributed by atoms with Crippen molar-refractivity contribution in [3.63, 3.8) is 0 Å². The maximum absolute atomic E-state index is 13.4. The Bertz CT molecular complexity index is 1000. The molecule has 3 aliphatic heterocycles. The molecule has 0 spiro atoms. The lowest BCUT2D eigenvalue weighted by atomic mass is 10.1. The second kappa shape index (κ2) is 10.3. The number of nitrogens with zero attached hydrogens (tertiary/aromatic N) is 2. The first-order valence-electron chi connectivity index (χ1n) is 11.8. The molecule has 1 aromatic carbocycles. The summed E-state index contributed by atoms with van der Waals surface area (Å²) in [5, 5.41) is 5.35. The average molecular weight is 490 g/mol. The Morgan fingerprint density at radius 3 is 2.21 bits per heavy atom. The summed E-state index contributed by atoms with van der Waals surface area (Å²) in [5.41, 5.74) is 0.778. The van der Waals surface area contributed by atoms with E-state index in [1.54, 1.807) is 0 Å². The van der Waals surface area contributed by atoms with Gasteiger partial charge in [-0.05, 0) is 31.2 Å². The van der Waals surface area contributed by atoms with E-state index in [0.29, 0.717) is 38.8 Å². The zero-order chi connectivity index (χ0) is 24.3. The normalized spacial score (nSPS) is 31.3. The third kappa shape index (κ3) is 5.33. The minimum absolute atomic E-state index is 0.127. The van der Waals surface area contributed by atoms with Gasteiger partial charge in [-0.2, -0.15) is 0 Å². The van der Waals surface area contributed by atoms with Crippen LogP contribution in [-0.2, 0) is 30.2 Å². The Morgan fingerprint density at radius 1 is 0.912 bits per heavy atom. The average Bonchev–Trinajstić information content (AvgIpc) is 3.51. The van der Waals surface area contributed by atoms with E-state index in [1.807, 2.05) is 30.3 Å². The molecule has 184 valence electrons. The quantitative estimate of drug-likeness (QED) is 0.515. The fourth-order valence-electron chi connectivity index (χ4n) is 5.01. The second-order valence-electron chi connectivity index (χ2n) is 9.15. The van der Waals surface area contributed by atoms with Crippen LogP contribution in [0.3, 0.4) is 0 Å². The molecular formula is C23H31N4O6P. The summed E-state index contributed by atoms with van der Waals surface area (Å²) in [5.74, 6) is -2.76. The van der Waals surface area contributed by atoms with E-state index >= 15 is 0 Å². The van der Waals surface area contributed by atoms with E-state index < -0.39 is 37.0 Å². The molecule has 34 heavy (non-hydrogen) atoms. The fraction of sp³-hybridized carbons (Fsp3) is 0.565. The van der Waals surface area contributed by atoms with Crippen LogP contribution in [0.2, 0.25) is 0 Å². The Balaban J connectivity index is 1.63. The van der Waals surface area contributed by atoms with Crippen molar-refractivity contribution in [2.75, 3.05) is 25.8 Å². The van der Waals surface area contributed by atoms with Crippen LogP contribution in [0, 0.1) is 0 Å². The molecule has 4 amide bonds. The van der Waals surface area contributed by atoms with Crippen LogP contribution in [0.15, 0.2) is 30.3 Å². The third-order valence-electron chi connectivity index (χ3n) is 6.88. The van der Waals surface area contributed by atoms with Crippen molar-refractivity contribution in [2.24, 2.45) is 0 Å². The molecule has 4 rings (SSSR count). The van der Waals surface area contributed by atoms with Gasteiger partial charge in [0.25, 0.3) is 0 Å². The lowest BCUT2D eigenvalue weighted by molar-refractivity contribution is -0.140. The number of hydrogen-bond acceptors (Lipinski definition) is 5. The number of hydrogen-bond donors (Lipinski definition) is 3. The third-order valence-corrected chi connectivity index (χ3v) is 9.03. The molecule has 0 radical (unpaired) electrons. The lowest BCUT2D eigenvalue weighted by Crippen LogP contribution is -2.52. The summed E-state index contributed by atoms with van der Waals surface area (Å²) < 4.78 is 13.4. The van der Waals surface area contributed by atoms with Crippen molar-refractivity contribution in [1.29, 1.82) is 0 Å². The van der Waals surface area contributed by atoms with E-state index in [4.69, 9.17) is 0 Å². The summed E-state index contributed by atoms with van der Waals surface area (Å²) in [6.45, 7) is 0.507.